The van der Waals surface area contributed by atoms with Crippen molar-refractivity contribution in [3.05, 3.63) is 41.5 Å². The van der Waals surface area contributed by atoms with Gasteiger partial charge in [-0.3, -0.25) is 4.79 Å². The summed E-state index contributed by atoms with van der Waals surface area (Å²) in [5.74, 6) is 0.627. The zero-order valence-corrected chi connectivity index (χ0v) is 17.7. The van der Waals surface area contributed by atoms with Crippen LogP contribution in [0.4, 0.5) is 4.39 Å². The van der Waals surface area contributed by atoms with Crippen LogP contribution in [0.25, 0.3) is 0 Å². The van der Waals surface area contributed by atoms with Crippen molar-refractivity contribution in [1.82, 2.24) is 30.4 Å². The summed E-state index contributed by atoms with van der Waals surface area (Å²) < 4.78 is 15.5. The van der Waals surface area contributed by atoms with Crippen LogP contribution in [0.3, 0.4) is 0 Å². The first-order valence-electron chi connectivity index (χ1n) is 11.0. The molecule has 0 radical (unpaired) electrons. The molecule has 8 heteroatoms. The maximum atomic E-state index is 13.9. The maximum Gasteiger partial charge on any atom is 0.222 e. The second-order valence-electron chi connectivity index (χ2n) is 8.81. The first-order valence-corrected chi connectivity index (χ1v) is 11.0. The number of tetrazole rings is 1. The Balaban J connectivity index is 1.26. The van der Waals surface area contributed by atoms with E-state index in [0.717, 1.165) is 56.7 Å². The van der Waals surface area contributed by atoms with Crippen LogP contribution in [0, 0.1) is 12.7 Å². The molecule has 2 heterocycles. The molecule has 7 nitrogen and oxygen atoms in total. The van der Waals surface area contributed by atoms with E-state index < -0.39 is 0 Å². The highest BCUT2D eigenvalue weighted by Gasteiger charge is 2.38. The number of carbonyl (C=O) groups excluding carboxylic acids is 1. The highest BCUT2D eigenvalue weighted by molar-refractivity contribution is 5.76. The molecule has 0 bridgehead atoms. The Morgan fingerprint density at radius 3 is 2.70 bits per heavy atom. The van der Waals surface area contributed by atoms with E-state index in [1.165, 1.54) is 18.9 Å². The monoisotopic (exact) mass is 414 g/mol. The lowest BCUT2D eigenvalue weighted by molar-refractivity contribution is -0.122. The van der Waals surface area contributed by atoms with E-state index in [1.54, 1.807) is 10.7 Å². The number of hydrogen-bond donors (Lipinski definition) is 1. The van der Waals surface area contributed by atoms with Gasteiger partial charge in [0.15, 0.2) is 0 Å². The third-order valence-corrected chi connectivity index (χ3v) is 6.74. The van der Waals surface area contributed by atoms with Gasteiger partial charge in [-0.25, -0.2) is 9.07 Å². The number of halogens is 1. The first-order chi connectivity index (χ1) is 14.5. The second-order valence-corrected chi connectivity index (χ2v) is 8.81. The Hall–Kier alpha value is -2.35. The zero-order chi connectivity index (χ0) is 21.0. The quantitative estimate of drug-likeness (QED) is 0.754. The van der Waals surface area contributed by atoms with E-state index >= 15 is 0 Å². The number of likely N-dealkylation sites (tertiary alicyclic amines) is 1. The van der Waals surface area contributed by atoms with E-state index in [-0.39, 0.29) is 23.2 Å². The number of benzene rings is 1. The van der Waals surface area contributed by atoms with Crippen LogP contribution >= 0.6 is 0 Å². The number of piperidine rings is 1. The Morgan fingerprint density at radius 2 is 2.03 bits per heavy atom. The molecule has 1 N–H and O–H groups in total. The Morgan fingerprint density at radius 1 is 1.27 bits per heavy atom. The normalized spacial score (nSPS) is 19.8. The number of rotatable bonds is 7. The molecule has 1 aliphatic carbocycles. The van der Waals surface area contributed by atoms with Crippen LogP contribution in [0.5, 0.6) is 0 Å². The summed E-state index contributed by atoms with van der Waals surface area (Å²) in [6.45, 7) is 5.24. The molecule has 30 heavy (non-hydrogen) atoms. The summed E-state index contributed by atoms with van der Waals surface area (Å²) in [6.07, 6.45) is 6.97. The van der Waals surface area contributed by atoms with Gasteiger partial charge in [0.05, 0.1) is 6.54 Å². The van der Waals surface area contributed by atoms with Gasteiger partial charge in [0.1, 0.15) is 11.6 Å². The van der Waals surface area contributed by atoms with Crippen LogP contribution in [-0.4, -0.2) is 56.7 Å². The van der Waals surface area contributed by atoms with Gasteiger partial charge in [0.2, 0.25) is 5.91 Å². The molecular formula is C22H31FN6O. The number of nitrogens with one attached hydrogen (secondary N) is 1. The Labute approximate surface area is 177 Å². The van der Waals surface area contributed by atoms with E-state index in [0.29, 0.717) is 13.0 Å². The Kier molecular flexibility index (Phi) is 6.41. The van der Waals surface area contributed by atoms with Gasteiger partial charge in [0.25, 0.3) is 0 Å². The molecule has 1 aromatic heterocycles. The predicted octanol–water partition coefficient (Wildman–Crippen LogP) is 2.60. The van der Waals surface area contributed by atoms with Gasteiger partial charge >= 0.3 is 0 Å². The minimum Gasteiger partial charge on any atom is -0.353 e. The lowest BCUT2D eigenvalue weighted by Gasteiger charge is -2.39. The topological polar surface area (TPSA) is 75.9 Å². The smallest absolute Gasteiger partial charge is 0.222 e. The summed E-state index contributed by atoms with van der Waals surface area (Å²) >= 11 is 0. The van der Waals surface area contributed by atoms with Crippen LogP contribution in [0.15, 0.2) is 24.3 Å². The van der Waals surface area contributed by atoms with Gasteiger partial charge in [-0.05, 0) is 60.7 Å². The number of amides is 1. The van der Waals surface area contributed by atoms with Crippen molar-refractivity contribution >= 4 is 5.91 Å². The molecule has 1 amide bonds. The van der Waals surface area contributed by atoms with Crippen molar-refractivity contribution in [2.24, 2.45) is 0 Å². The van der Waals surface area contributed by atoms with Crippen molar-refractivity contribution in [2.75, 3.05) is 19.6 Å². The van der Waals surface area contributed by atoms with Crippen molar-refractivity contribution in [2.45, 2.75) is 69.9 Å². The van der Waals surface area contributed by atoms with Crippen LogP contribution in [0.1, 0.15) is 56.3 Å². The molecule has 1 aromatic carbocycles. The lowest BCUT2D eigenvalue weighted by atomic mass is 9.78. The van der Waals surface area contributed by atoms with E-state index in [9.17, 15) is 9.18 Å². The predicted molar refractivity (Wildman–Crippen MR) is 111 cm³/mol. The summed E-state index contributed by atoms with van der Waals surface area (Å²) in [5, 5.41) is 14.5. The van der Waals surface area contributed by atoms with E-state index in [4.69, 9.17) is 0 Å². The molecule has 2 aliphatic rings. The number of aryl methyl sites for hydroxylation is 2. The van der Waals surface area contributed by atoms with Crippen LogP contribution in [0.2, 0.25) is 0 Å². The second kappa shape index (κ2) is 9.20. The van der Waals surface area contributed by atoms with Crippen molar-refractivity contribution in [1.29, 1.82) is 0 Å². The summed E-state index contributed by atoms with van der Waals surface area (Å²) in [7, 11) is 0. The number of aromatic nitrogens is 4. The highest BCUT2D eigenvalue weighted by Crippen LogP contribution is 2.42. The molecule has 162 valence electrons. The van der Waals surface area contributed by atoms with Crippen molar-refractivity contribution in [3.8, 4) is 0 Å². The molecule has 1 aliphatic heterocycles. The zero-order valence-electron chi connectivity index (χ0n) is 17.7. The van der Waals surface area contributed by atoms with Gasteiger partial charge < -0.3 is 10.2 Å². The van der Waals surface area contributed by atoms with E-state index in [1.807, 2.05) is 13.0 Å². The average molecular weight is 415 g/mol. The number of carbonyl (C=O) groups is 1. The fourth-order valence-electron chi connectivity index (χ4n) is 5.03. The molecule has 1 saturated heterocycles. The minimum atomic E-state index is -0.142. The van der Waals surface area contributed by atoms with Crippen molar-refractivity contribution < 1.29 is 9.18 Å². The van der Waals surface area contributed by atoms with Crippen molar-refractivity contribution in [3.63, 3.8) is 0 Å². The molecule has 0 unspecified atom stereocenters. The number of hydrogen-bond acceptors (Lipinski definition) is 5. The first kappa shape index (κ1) is 20.9. The third kappa shape index (κ3) is 4.86. The summed E-state index contributed by atoms with van der Waals surface area (Å²) in [5.41, 5.74) is 1.22. The number of nitrogens with zero attached hydrogens (tertiary/aromatic N) is 5. The molecule has 2 fully saturated rings. The fraction of sp³-hybridized carbons (Fsp3) is 0.636. The fourth-order valence-corrected chi connectivity index (χ4v) is 5.03. The van der Waals surface area contributed by atoms with Gasteiger partial charge in [-0.15, -0.1) is 5.10 Å². The van der Waals surface area contributed by atoms with Crippen LogP contribution < -0.4 is 5.32 Å². The maximum absolute atomic E-state index is 13.9. The molecule has 1 saturated carbocycles. The molecular weight excluding hydrogens is 383 g/mol. The SMILES string of the molecule is Cc1nnnn1CCC(=O)NC1CCN(CC2(c3cccc(F)c3)CCCC2)CC1. The van der Waals surface area contributed by atoms with Gasteiger partial charge in [-0.2, -0.15) is 0 Å². The largest absolute Gasteiger partial charge is 0.353 e. The standard InChI is InChI=1S/C22H31FN6O/c1-17-25-26-27-29(17)14-9-21(30)24-20-7-12-28(13-8-20)16-22(10-2-3-11-22)18-5-4-6-19(23)15-18/h4-6,15,20H,2-3,7-14,16H2,1H3,(H,24,30). The molecule has 0 spiro atoms. The lowest BCUT2D eigenvalue weighted by Crippen LogP contribution is -2.48. The Bertz CT molecular complexity index is 855. The van der Waals surface area contributed by atoms with Gasteiger partial charge in [-0.1, -0.05) is 25.0 Å². The minimum absolute atomic E-state index is 0.0513. The van der Waals surface area contributed by atoms with Crippen LogP contribution in [-0.2, 0) is 16.8 Å². The summed E-state index contributed by atoms with van der Waals surface area (Å²) in [6, 6.07) is 7.40. The highest BCUT2D eigenvalue weighted by atomic mass is 19.1. The van der Waals surface area contributed by atoms with E-state index in [2.05, 4.69) is 31.8 Å². The molecule has 4 rings (SSSR count). The van der Waals surface area contributed by atoms with Gasteiger partial charge in [0, 0.05) is 37.5 Å². The average Bonchev–Trinajstić information content (AvgIpc) is 3.38. The summed E-state index contributed by atoms with van der Waals surface area (Å²) in [4.78, 5) is 14.8. The third-order valence-electron chi connectivity index (χ3n) is 6.74. The molecule has 2 aromatic rings. The molecule has 0 atom stereocenters.